The van der Waals surface area contributed by atoms with Gasteiger partial charge in [-0.2, -0.15) is 0 Å². The third-order valence-electron chi connectivity index (χ3n) is 3.35. The van der Waals surface area contributed by atoms with Crippen LogP contribution in [0.2, 0.25) is 0 Å². The summed E-state index contributed by atoms with van der Waals surface area (Å²) in [5, 5.41) is 0. The summed E-state index contributed by atoms with van der Waals surface area (Å²) in [7, 11) is 0. The Kier molecular flexibility index (Phi) is 3.43. The summed E-state index contributed by atoms with van der Waals surface area (Å²) in [6.07, 6.45) is -0.492. The monoisotopic (exact) mass is 262 g/mol. The van der Waals surface area contributed by atoms with E-state index in [-0.39, 0.29) is 11.9 Å². The number of benzene rings is 1. The Morgan fingerprint density at radius 2 is 1.84 bits per heavy atom. The highest BCUT2D eigenvalue weighted by atomic mass is 16.7. The first kappa shape index (κ1) is 14.1. The molecule has 0 N–H and O–H groups in total. The lowest BCUT2D eigenvalue weighted by molar-refractivity contribution is -0.156. The Morgan fingerprint density at radius 1 is 1.26 bits per heavy atom. The zero-order chi connectivity index (χ0) is 14.3. The van der Waals surface area contributed by atoms with Crippen LogP contribution >= 0.6 is 0 Å². The van der Waals surface area contributed by atoms with Crippen molar-refractivity contribution in [3.05, 3.63) is 35.9 Å². The average Bonchev–Trinajstić information content (AvgIpc) is 3.04. The number of esters is 1. The number of epoxide rings is 1. The molecule has 0 radical (unpaired) electrons. The molecule has 2 unspecified atom stereocenters. The topological polar surface area (TPSA) is 38.8 Å². The highest BCUT2D eigenvalue weighted by molar-refractivity contribution is 5.80. The van der Waals surface area contributed by atoms with E-state index >= 15 is 0 Å². The quantitative estimate of drug-likeness (QED) is 0.620. The van der Waals surface area contributed by atoms with Crippen LogP contribution in [0.4, 0.5) is 0 Å². The molecule has 1 aliphatic rings. The number of hydrogen-bond acceptors (Lipinski definition) is 3. The maximum absolute atomic E-state index is 12.2. The first-order chi connectivity index (χ1) is 8.77. The van der Waals surface area contributed by atoms with Crippen LogP contribution in [0.15, 0.2) is 30.3 Å². The minimum Gasteiger partial charge on any atom is -0.458 e. The van der Waals surface area contributed by atoms with Crippen molar-refractivity contribution in [3.63, 3.8) is 0 Å². The second kappa shape index (κ2) is 4.64. The van der Waals surface area contributed by atoms with Gasteiger partial charge in [0, 0.05) is 0 Å². The Balaban J connectivity index is 2.21. The van der Waals surface area contributed by atoms with Gasteiger partial charge in [0.05, 0.1) is 0 Å². The summed E-state index contributed by atoms with van der Waals surface area (Å²) >= 11 is 0. The fourth-order valence-electron chi connectivity index (χ4n) is 2.43. The molecular weight excluding hydrogens is 240 g/mol. The lowest BCUT2D eigenvalue weighted by Gasteiger charge is -2.21. The number of carbonyl (C=O) groups excluding carboxylic acids is 1. The van der Waals surface area contributed by atoms with Crippen molar-refractivity contribution in [1.82, 2.24) is 0 Å². The van der Waals surface area contributed by atoms with Crippen LogP contribution in [-0.4, -0.2) is 17.7 Å². The van der Waals surface area contributed by atoms with E-state index in [4.69, 9.17) is 9.47 Å². The predicted octanol–water partition coefficient (Wildman–Crippen LogP) is 3.28. The highest BCUT2D eigenvalue weighted by Crippen LogP contribution is 2.52. The standard InChI is InChI=1S/C16H22O3/c1-11(2)16(12-9-7-6-8-10-12)13(18-16)14(17)19-15(3,4)5/h6-11,13H,1-5H3. The fourth-order valence-corrected chi connectivity index (χ4v) is 2.43. The van der Waals surface area contributed by atoms with E-state index in [9.17, 15) is 4.79 Å². The number of carbonyl (C=O) groups is 1. The van der Waals surface area contributed by atoms with Gasteiger partial charge in [0.1, 0.15) is 11.2 Å². The number of rotatable bonds is 3. The predicted molar refractivity (Wildman–Crippen MR) is 73.7 cm³/mol. The van der Waals surface area contributed by atoms with Crippen molar-refractivity contribution in [2.24, 2.45) is 5.92 Å². The van der Waals surface area contributed by atoms with E-state index in [1.165, 1.54) is 0 Å². The van der Waals surface area contributed by atoms with Crippen molar-refractivity contribution in [2.45, 2.75) is 51.9 Å². The molecule has 1 saturated heterocycles. The zero-order valence-electron chi connectivity index (χ0n) is 12.3. The van der Waals surface area contributed by atoms with E-state index in [0.29, 0.717) is 0 Å². The summed E-state index contributed by atoms with van der Waals surface area (Å²) in [6.45, 7) is 9.74. The molecule has 3 heteroatoms. The van der Waals surface area contributed by atoms with Gasteiger partial charge in [-0.3, -0.25) is 0 Å². The Morgan fingerprint density at radius 3 is 2.32 bits per heavy atom. The van der Waals surface area contributed by atoms with Crippen LogP contribution < -0.4 is 0 Å². The van der Waals surface area contributed by atoms with E-state index in [1.807, 2.05) is 51.1 Å². The largest absolute Gasteiger partial charge is 0.458 e. The van der Waals surface area contributed by atoms with Crippen LogP contribution in [-0.2, 0) is 19.9 Å². The van der Waals surface area contributed by atoms with Crippen molar-refractivity contribution in [2.75, 3.05) is 0 Å². The molecule has 1 aliphatic heterocycles. The minimum atomic E-state index is -0.524. The molecule has 0 aromatic heterocycles. The molecule has 1 fully saturated rings. The average molecular weight is 262 g/mol. The second-order valence-corrected chi connectivity index (χ2v) is 6.35. The lowest BCUT2D eigenvalue weighted by atomic mass is 9.85. The maximum atomic E-state index is 12.2. The molecule has 0 amide bonds. The molecule has 19 heavy (non-hydrogen) atoms. The van der Waals surface area contributed by atoms with Crippen molar-refractivity contribution >= 4 is 5.97 Å². The van der Waals surface area contributed by atoms with Crippen LogP contribution in [0, 0.1) is 5.92 Å². The van der Waals surface area contributed by atoms with Crippen molar-refractivity contribution in [3.8, 4) is 0 Å². The summed E-state index contributed by atoms with van der Waals surface area (Å²) in [6, 6.07) is 9.90. The first-order valence-corrected chi connectivity index (χ1v) is 6.73. The molecule has 0 spiro atoms. The first-order valence-electron chi connectivity index (χ1n) is 6.73. The minimum absolute atomic E-state index is 0.215. The zero-order valence-corrected chi connectivity index (χ0v) is 12.3. The fraction of sp³-hybridized carbons (Fsp3) is 0.562. The van der Waals surface area contributed by atoms with Gasteiger partial charge in [0.15, 0.2) is 6.10 Å². The van der Waals surface area contributed by atoms with E-state index in [2.05, 4.69) is 13.8 Å². The maximum Gasteiger partial charge on any atom is 0.339 e. The molecule has 0 bridgehead atoms. The molecular formula is C16H22O3. The number of hydrogen-bond donors (Lipinski definition) is 0. The van der Waals surface area contributed by atoms with Gasteiger partial charge in [0.25, 0.3) is 0 Å². The van der Waals surface area contributed by atoms with Gasteiger partial charge in [-0.05, 0) is 32.3 Å². The summed E-state index contributed by atoms with van der Waals surface area (Å²) in [5.41, 5.74) is 0.0346. The normalized spacial score (nSPS) is 26.3. The molecule has 1 heterocycles. The molecule has 3 nitrogen and oxygen atoms in total. The third kappa shape index (κ3) is 2.66. The van der Waals surface area contributed by atoms with Gasteiger partial charge in [0.2, 0.25) is 0 Å². The van der Waals surface area contributed by atoms with Crippen LogP contribution in [0.3, 0.4) is 0 Å². The molecule has 2 rings (SSSR count). The van der Waals surface area contributed by atoms with E-state index in [1.54, 1.807) is 0 Å². The SMILES string of the molecule is CC(C)C1(c2ccccc2)OC1C(=O)OC(C)(C)C. The molecule has 0 aliphatic carbocycles. The van der Waals surface area contributed by atoms with Gasteiger partial charge < -0.3 is 9.47 Å². The van der Waals surface area contributed by atoms with Gasteiger partial charge in [-0.15, -0.1) is 0 Å². The van der Waals surface area contributed by atoms with Crippen LogP contribution in [0.1, 0.15) is 40.2 Å². The van der Waals surface area contributed by atoms with E-state index < -0.39 is 17.3 Å². The summed E-state index contributed by atoms with van der Waals surface area (Å²) in [5.74, 6) is -0.0579. The highest BCUT2D eigenvalue weighted by Gasteiger charge is 2.64. The molecule has 0 saturated carbocycles. The summed E-state index contributed by atoms with van der Waals surface area (Å²) in [4.78, 5) is 12.2. The Labute approximate surface area is 114 Å². The van der Waals surface area contributed by atoms with Gasteiger partial charge >= 0.3 is 5.97 Å². The van der Waals surface area contributed by atoms with Gasteiger partial charge in [-0.25, -0.2) is 4.79 Å². The van der Waals surface area contributed by atoms with Crippen LogP contribution in [0.5, 0.6) is 0 Å². The lowest BCUT2D eigenvalue weighted by Crippen LogP contribution is -2.31. The summed E-state index contributed by atoms with van der Waals surface area (Å²) < 4.78 is 11.2. The third-order valence-corrected chi connectivity index (χ3v) is 3.35. The number of ether oxygens (including phenoxy) is 2. The van der Waals surface area contributed by atoms with Crippen molar-refractivity contribution < 1.29 is 14.3 Å². The molecule has 2 atom stereocenters. The van der Waals surface area contributed by atoms with E-state index in [0.717, 1.165) is 5.56 Å². The molecule has 1 aromatic carbocycles. The van der Waals surface area contributed by atoms with Crippen molar-refractivity contribution in [1.29, 1.82) is 0 Å². The smallest absolute Gasteiger partial charge is 0.339 e. The second-order valence-electron chi connectivity index (χ2n) is 6.35. The Hall–Kier alpha value is -1.35. The molecule has 104 valence electrons. The Bertz CT molecular complexity index is 459. The van der Waals surface area contributed by atoms with Crippen LogP contribution in [0.25, 0.3) is 0 Å². The van der Waals surface area contributed by atoms with Gasteiger partial charge in [-0.1, -0.05) is 44.2 Å². The molecule has 1 aromatic rings.